The van der Waals surface area contributed by atoms with Crippen LogP contribution < -0.4 is 5.43 Å². The van der Waals surface area contributed by atoms with Crippen molar-refractivity contribution in [1.29, 1.82) is 0 Å². The van der Waals surface area contributed by atoms with E-state index in [1.807, 2.05) is 55.5 Å². The van der Waals surface area contributed by atoms with Gasteiger partial charge in [0.1, 0.15) is 0 Å². The van der Waals surface area contributed by atoms with Gasteiger partial charge in [0.05, 0.1) is 16.7 Å². The van der Waals surface area contributed by atoms with Crippen LogP contribution in [0.4, 0.5) is 5.95 Å². The number of para-hydroxylation sites is 2. The number of imidazole rings is 1. The van der Waals surface area contributed by atoms with Gasteiger partial charge in [-0.15, -0.1) is 0 Å². The van der Waals surface area contributed by atoms with Crippen LogP contribution >= 0.6 is 11.6 Å². The summed E-state index contributed by atoms with van der Waals surface area (Å²) in [7, 11) is 0. The molecule has 0 aliphatic carbocycles. The highest BCUT2D eigenvalue weighted by Gasteiger charge is 2.01. The number of nitrogens with one attached hydrogen (secondary N) is 2. The zero-order valence-corrected chi connectivity index (χ0v) is 11.6. The molecule has 1 heterocycles. The molecule has 0 unspecified atom stereocenters. The van der Waals surface area contributed by atoms with Gasteiger partial charge in [0, 0.05) is 5.02 Å². The molecule has 0 bridgehead atoms. The van der Waals surface area contributed by atoms with Crippen LogP contribution in [0.3, 0.4) is 0 Å². The van der Waals surface area contributed by atoms with Crippen molar-refractivity contribution in [3.8, 4) is 0 Å². The van der Waals surface area contributed by atoms with E-state index in [2.05, 4.69) is 20.5 Å². The SMILES string of the molecule is C/C(=N\Nc1nc2ccccc2[nH]1)c1cccc(Cl)c1. The first-order valence-electron chi connectivity index (χ1n) is 6.23. The number of hydrogen-bond acceptors (Lipinski definition) is 3. The van der Waals surface area contributed by atoms with Crippen LogP contribution in [0, 0.1) is 0 Å². The lowest BCUT2D eigenvalue weighted by Gasteiger charge is -2.01. The first-order chi connectivity index (χ1) is 9.72. The van der Waals surface area contributed by atoms with Crippen molar-refractivity contribution >= 4 is 34.3 Å². The first-order valence-corrected chi connectivity index (χ1v) is 6.61. The summed E-state index contributed by atoms with van der Waals surface area (Å²) in [6.07, 6.45) is 0. The fourth-order valence-electron chi connectivity index (χ4n) is 1.92. The molecule has 2 N–H and O–H groups in total. The number of halogens is 1. The Kier molecular flexibility index (Phi) is 3.39. The van der Waals surface area contributed by atoms with Gasteiger partial charge >= 0.3 is 0 Å². The van der Waals surface area contributed by atoms with E-state index in [-0.39, 0.29) is 0 Å². The number of benzene rings is 2. The van der Waals surface area contributed by atoms with Gasteiger partial charge in [-0.05, 0) is 36.8 Å². The number of hydrazone groups is 1. The Hall–Kier alpha value is -2.33. The summed E-state index contributed by atoms with van der Waals surface area (Å²) in [6.45, 7) is 1.92. The zero-order valence-electron chi connectivity index (χ0n) is 10.9. The van der Waals surface area contributed by atoms with Gasteiger partial charge in [0.15, 0.2) is 0 Å². The van der Waals surface area contributed by atoms with Crippen LogP contribution in [-0.4, -0.2) is 15.7 Å². The third-order valence-corrected chi connectivity index (χ3v) is 3.20. The molecule has 0 radical (unpaired) electrons. The summed E-state index contributed by atoms with van der Waals surface area (Å²) in [4.78, 5) is 7.55. The second-order valence-corrected chi connectivity index (χ2v) is 4.86. The topological polar surface area (TPSA) is 53.1 Å². The summed E-state index contributed by atoms with van der Waals surface area (Å²) in [5, 5.41) is 5.01. The smallest absolute Gasteiger partial charge is 0.222 e. The van der Waals surface area contributed by atoms with Gasteiger partial charge in [-0.1, -0.05) is 35.9 Å². The van der Waals surface area contributed by atoms with Crippen molar-refractivity contribution in [3.63, 3.8) is 0 Å². The Morgan fingerprint density at radius 2 is 2.05 bits per heavy atom. The molecule has 0 saturated heterocycles. The van der Waals surface area contributed by atoms with Crippen LogP contribution in [0.15, 0.2) is 53.6 Å². The largest absolute Gasteiger partial charge is 0.323 e. The lowest BCUT2D eigenvalue weighted by Crippen LogP contribution is -2.00. The number of nitrogens with zero attached hydrogens (tertiary/aromatic N) is 2. The van der Waals surface area contributed by atoms with Crippen molar-refractivity contribution in [2.24, 2.45) is 5.10 Å². The number of aromatic nitrogens is 2. The number of hydrogen-bond donors (Lipinski definition) is 2. The Labute approximate surface area is 121 Å². The molecular weight excluding hydrogens is 272 g/mol. The maximum absolute atomic E-state index is 5.97. The van der Waals surface area contributed by atoms with Crippen molar-refractivity contribution < 1.29 is 0 Å². The maximum Gasteiger partial charge on any atom is 0.222 e. The van der Waals surface area contributed by atoms with Gasteiger partial charge in [-0.25, -0.2) is 10.4 Å². The zero-order chi connectivity index (χ0) is 13.9. The average molecular weight is 285 g/mol. The fourth-order valence-corrected chi connectivity index (χ4v) is 2.11. The normalized spacial score (nSPS) is 11.8. The van der Waals surface area contributed by atoms with Gasteiger partial charge in [0.25, 0.3) is 0 Å². The standard InChI is InChI=1S/C15H13ClN4/c1-10(11-5-4-6-12(16)9-11)19-20-15-17-13-7-2-3-8-14(13)18-15/h2-9H,1H3,(H2,17,18,20)/b19-10+. The van der Waals surface area contributed by atoms with E-state index < -0.39 is 0 Å². The molecule has 1 aromatic heterocycles. The van der Waals surface area contributed by atoms with E-state index in [4.69, 9.17) is 11.6 Å². The van der Waals surface area contributed by atoms with Gasteiger partial charge in [-0.3, -0.25) is 0 Å². The molecule has 0 spiro atoms. The first kappa shape index (κ1) is 12.7. The van der Waals surface area contributed by atoms with Crippen LogP contribution in [0.5, 0.6) is 0 Å². The quantitative estimate of drug-likeness (QED) is 0.563. The Morgan fingerprint density at radius 3 is 2.85 bits per heavy atom. The van der Waals surface area contributed by atoms with E-state index >= 15 is 0 Å². The monoisotopic (exact) mass is 284 g/mol. The van der Waals surface area contributed by atoms with E-state index in [0.717, 1.165) is 22.3 Å². The third-order valence-electron chi connectivity index (χ3n) is 2.96. The number of H-pyrrole nitrogens is 1. The minimum absolute atomic E-state index is 0.618. The van der Waals surface area contributed by atoms with Crippen molar-refractivity contribution in [2.45, 2.75) is 6.92 Å². The number of fused-ring (bicyclic) bond motifs is 1. The number of rotatable bonds is 3. The van der Waals surface area contributed by atoms with Crippen molar-refractivity contribution in [1.82, 2.24) is 9.97 Å². The Balaban J connectivity index is 1.82. The lowest BCUT2D eigenvalue weighted by atomic mass is 10.1. The molecule has 20 heavy (non-hydrogen) atoms. The molecule has 3 rings (SSSR count). The molecule has 4 nitrogen and oxygen atoms in total. The molecule has 0 amide bonds. The Bertz CT molecular complexity index is 743. The summed E-state index contributed by atoms with van der Waals surface area (Å²) < 4.78 is 0. The van der Waals surface area contributed by atoms with Crippen LogP contribution in [-0.2, 0) is 0 Å². The highest BCUT2D eigenvalue weighted by Crippen LogP contribution is 2.14. The number of anilines is 1. The van der Waals surface area contributed by atoms with E-state index in [0.29, 0.717) is 11.0 Å². The summed E-state index contributed by atoms with van der Waals surface area (Å²) in [5.74, 6) is 0.618. The second kappa shape index (κ2) is 5.35. The Morgan fingerprint density at radius 1 is 1.20 bits per heavy atom. The van der Waals surface area contributed by atoms with Crippen LogP contribution in [0.1, 0.15) is 12.5 Å². The second-order valence-electron chi connectivity index (χ2n) is 4.42. The molecule has 2 aromatic carbocycles. The molecule has 0 fully saturated rings. The van der Waals surface area contributed by atoms with Gasteiger partial charge in [0.2, 0.25) is 5.95 Å². The molecule has 0 saturated carbocycles. The molecule has 100 valence electrons. The van der Waals surface area contributed by atoms with E-state index in [9.17, 15) is 0 Å². The fraction of sp³-hybridized carbons (Fsp3) is 0.0667. The average Bonchev–Trinajstić information content (AvgIpc) is 2.87. The third kappa shape index (κ3) is 2.65. The molecule has 0 aliphatic heterocycles. The predicted molar refractivity (Wildman–Crippen MR) is 83.4 cm³/mol. The summed E-state index contributed by atoms with van der Waals surface area (Å²) in [5.41, 5.74) is 6.63. The van der Waals surface area contributed by atoms with Gasteiger partial charge in [-0.2, -0.15) is 5.10 Å². The van der Waals surface area contributed by atoms with Crippen LogP contribution in [0.25, 0.3) is 11.0 Å². The van der Waals surface area contributed by atoms with Crippen molar-refractivity contribution in [3.05, 3.63) is 59.1 Å². The van der Waals surface area contributed by atoms with E-state index in [1.165, 1.54) is 0 Å². The predicted octanol–water partition coefficient (Wildman–Crippen LogP) is 4.05. The highest BCUT2D eigenvalue weighted by molar-refractivity contribution is 6.31. The molecular formula is C15H13ClN4. The van der Waals surface area contributed by atoms with Crippen molar-refractivity contribution in [2.75, 3.05) is 5.43 Å². The lowest BCUT2D eigenvalue weighted by molar-refractivity contribution is 1.20. The molecule has 0 aliphatic rings. The summed E-state index contributed by atoms with van der Waals surface area (Å²) >= 11 is 5.97. The number of aromatic amines is 1. The molecule has 5 heteroatoms. The van der Waals surface area contributed by atoms with Gasteiger partial charge < -0.3 is 4.98 Å². The maximum atomic E-state index is 5.97. The minimum atomic E-state index is 0.618. The van der Waals surface area contributed by atoms with Crippen LogP contribution in [0.2, 0.25) is 5.02 Å². The van der Waals surface area contributed by atoms with E-state index in [1.54, 1.807) is 0 Å². The molecule has 3 aromatic rings. The molecule has 0 atom stereocenters. The summed E-state index contributed by atoms with van der Waals surface area (Å²) in [6, 6.07) is 15.4. The minimum Gasteiger partial charge on any atom is -0.323 e. The highest BCUT2D eigenvalue weighted by atomic mass is 35.5.